The van der Waals surface area contributed by atoms with E-state index in [0.717, 1.165) is 56.1 Å². The molecule has 0 unspecified atom stereocenters. The Labute approximate surface area is 184 Å². The van der Waals surface area contributed by atoms with Crippen molar-refractivity contribution in [3.05, 3.63) is 47.5 Å². The van der Waals surface area contributed by atoms with Crippen molar-refractivity contribution < 1.29 is 4.74 Å². The molecule has 4 aliphatic carbocycles. The molecule has 0 spiro atoms. The lowest BCUT2D eigenvalue weighted by Crippen LogP contribution is -2.42. The lowest BCUT2D eigenvalue weighted by molar-refractivity contribution is -0.0940. The topological polar surface area (TPSA) is 63.7 Å². The summed E-state index contributed by atoms with van der Waals surface area (Å²) in [5.74, 6) is 4.16. The molecule has 0 aliphatic heterocycles. The molecule has 4 saturated carbocycles. The lowest BCUT2D eigenvalue weighted by atomic mass is 9.65. The van der Waals surface area contributed by atoms with Gasteiger partial charge in [-0.2, -0.15) is 10.4 Å². The minimum absolute atomic E-state index is 0.427. The molecule has 4 aliphatic rings. The highest BCUT2D eigenvalue weighted by Crippen LogP contribution is 2.50. The Balaban J connectivity index is 1.30. The van der Waals surface area contributed by atoms with Crippen LogP contribution in [0.5, 0.6) is 0 Å². The molecule has 2 aromatic rings. The van der Waals surface area contributed by atoms with Gasteiger partial charge in [0.15, 0.2) is 5.82 Å². The van der Waals surface area contributed by atoms with Crippen LogP contribution in [0.3, 0.4) is 0 Å². The SMILES string of the molecule is N#C[C@]1(c2ccccc2)CC[C@@](OCC2CC2)(c2nc(C3CC3)n(CC3CC3)n2)CC1. The van der Waals surface area contributed by atoms with Crippen molar-refractivity contribution in [1.29, 1.82) is 5.26 Å². The second-order valence-corrected chi connectivity index (χ2v) is 10.5. The van der Waals surface area contributed by atoms with Crippen LogP contribution in [-0.4, -0.2) is 21.4 Å². The van der Waals surface area contributed by atoms with Gasteiger partial charge < -0.3 is 4.74 Å². The highest BCUT2D eigenvalue weighted by atomic mass is 16.5. The molecule has 0 bridgehead atoms. The van der Waals surface area contributed by atoms with Gasteiger partial charge in [-0.05, 0) is 81.6 Å². The maximum absolute atomic E-state index is 10.2. The van der Waals surface area contributed by atoms with E-state index >= 15 is 0 Å². The van der Waals surface area contributed by atoms with E-state index in [9.17, 15) is 5.26 Å². The average Bonchev–Trinajstić information content (AvgIpc) is 3.67. The van der Waals surface area contributed by atoms with Crippen LogP contribution in [0.2, 0.25) is 0 Å². The van der Waals surface area contributed by atoms with Crippen LogP contribution < -0.4 is 0 Å². The van der Waals surface area contributed by atoms with Crippen LogP contribution in [0.4, 0.5) is 0 Å². The monoisotopic (exact) mass is 416 g/mol. The average molecular weight is 417 g/mol. The summed E-state index contributed by atoms with van der Waals surface area (Å²) in [5.41, 5.74) is 0.277. The van der Waals surface area contributed by atoms with Crippen LogP contribution in [0.1, 0.15) is 87.3 Å². The van der Waals surface area contributed by atoms with E-state index in [0.29, 0.717) is 11.8 Å². The third-order valence-corrected chi connectivity index (χ3v) is 7.92. The lowest BCUT2D eigenvalue weighted by Gasteiger charge is -2.42. The molecule has 31 heavy (non-hydrogen) atoms. The fourth-order valence-corrected chi connectivity index (χ4v) is 5.17. The zero-order valence-corrected chi connectivity index (χ0v) is 18.3. The fraction of sp³-hybridized carbons (Fsp3) is 0.654. The van der Waals surface area contributed by atoms with Crippen molar-refractivity contribution >= 4 is 0 Å². The molecular formula is C26H32N4O. The fourth-order valence-electron chi connectivity index (χ4n) is 5.17. The summed E-state index contributed by atoms with van der Waals surface area (Å²) in [6, 6.07) is 13.0. The predicted octanol–water partition coefficient (Wildman–Crippen LogP) is 5.22. The maximum Gasteiger partial charge on any atom is 0.182 e. The summed E-state index contributed by atoms with van der Waals surface area (Å²) in [7, 11) is 0. The molecule has 5 heteroatoms. The summed E-state index contributed by atoms with van der Waals surface area (Å²) >= 11 is 0. The number of nitrogens with zero attached hydrogens (tertiary/aromatic N) is 4. The van der Waals surface area contributed by atoms with E-state index in [1.807, 2.05) is 18.2 Å². The molecule has 0 radical (unpaired) electrons. The Bertz CT molecular complexity index is 971. The van der Waals surface area contributed by atoms with E-state index in [-0.39, 0.29) is 0 Å². The summed E-state index contributed by atoms with van der Waals surface area (Å²) in [6.07, 6.45) is 10.9. The van der Waals surface area contributed by atoms with Crippen molar-refractivity contribution in [2.75, 3.05) is 6.61 Å². The Kier molecular flexibility index (Phi) is 4.68. The Hall–Kier alpha value is -2.19. The van der Waals surface area contributed by atoms with Gasteiger partial charge in [-0.1, -0.05) is 30.3 Å². The van der Waals surface area contributed by atoms with Crippen LogP contribution in [0, 0.1) is 23.2 Å². The number of rotatable bonds is 8. The highest BCUT2D eigenvalue weighted by molar-refractivity contribution is 5.34. The van der Waals surface area contributed by atoms with E-state index < -0.39 is 11.0 Å². The third kappa shape index (κ3) is 3.80. The first-order chi connectivity index (χ1) is 15.2. The van der Waals surface area contributed by atoms with Gasteiger partial charge in [0, 0.05) is 12.5 Å². The van der Waals surface area contributed by atoms with Crippen molar-refractivity contribution in [2.24, 2.45) is 11.8 Å². The van der Waals surface area contributed by atoms with Gasteiger partial charge >= 0.3 is 0 Å². The minimum Gasteiger partial charge on any atom is -0.367 e. The van der Waals surface area contributed by atoms with Crippen LogP contribution in [0.25, 0.3) is 0 Å². The van der Waals surface area contributed by atoms with E-state index in [1.54, 1.807) is 0 Å². The molecular weight excluding hydrogens is 384 g/mol. The molecule has 0 N–H and O–H groups in total. The number of hydrogen-bond acceptors (Lipinski definition) is 4. The summed E-state index contributed by atoms with van der Waals surface area (Å²) in [4.78, 5) is 5.14. The number of aromatic nitrogens is 3. The van der Waals surface area contributed by atoms with Crippen LogP contribution >= 0.6 is 0 Å². The Morgan fingerprint density at radius 3 is 2.29 bits per heavy atom. The van der Waals surface area contributed by atoms with Gasteiger partial charge in [-0.15, -0.1) is 0 Å². The smallest absolute Gasteiger partial charge is 0.182 e. The second kappa shape index (κ2) is 7.45. The first-order valence-electron chi connectivity index (χ1n) is 12.3. The molecule has 4 fully saturated rings. The van der Waals surface area contributed by atoms with Crippen molar-refractivity contribution in [3.8, 4) is 6.07 Å². The first kappa shape index (κ1) is 19.5. The van der Waals surface area contributed by atoms with Gasteiger partial charge in [-0.3, -0.25) is 0 Å². The Morgan fingerprint density at radius 1 is 0.968 bits per heavy atom. The highest BCUT2D eigenvalue weighted by Gasteiger charge is 2.49. The van der Waals surface area contributed by atoms with Gasteiger partial charge in [-0.25, -0.2) is 9.67 Å². The molecule has 1 aromatic carbocycles. The van der Waals surface area contributed by atoms with Gasteiger partial charge in [0.25, 0.3) is 0 Å². The number of benzene rings is 1. The summed E-state index contributed by atoms with van der Waals surface area (Å²) in [6.45, 7) is 1.82. The molecule has 0 amide bonds. The molecule has 1 heterocycles. The van der Waals surface area contributed by atoms with Crippen LogP contribution in [-0.2, 0) is 22.3 Å². The number of nitriles is 1. The van der Waals surface area contributed by atoms with Crippen molar-refractivity contribution in [2.45, 2.75) is 87.7 Å². The zero-order valence-electron chi connectivity index (χ0n) is 18.3. The van der Waals surface area contributed by atoms with Gasteiger partial charge in [0.05, 0.1) is 18.1 Å². The second-order valence-electron chi connectivity index (χ2n) is 10.5. The molecule has 5 nitrogen and oxygen atoms in total. The van der Waals surface area contributed by atoms with E-state index in [4.69, 9.17) is 14.8 Å². The third-order valence-electron chi connectivity index (χ3n) is 7.92. The standard InChI is InChI=1S/C26H32N4O/c27-18-25(22-4-2-1-3-5-22)12-14-26(15-13-25,31-17-20-8-9-20)24-28-23(21-10-11-21)30(29-24)16-19-6-7-19/h1-5,19-21H,6-17H2/t25-,26-. The van der Waals surface area contributed by atoms with Gasteiger partial charge in [0.2, 0.25) is 0 Å². The molecule has 0 atom stereocenters. The zero-order chi connectivity index (χ0) is 20.9. The van der Waals surface area contributed by atoms with Crippen molar-refractivity contribution in [1.82, 2.24) is 14.8 Å². The summed E-state index contributed by atoms with van der Waals surface area (Å²) < 4.78 is 8.91. The molecule has 6 rings (SSSR count). The molecule has 1 aromatic heterocycles. The number of hydrogen-bond donors (Lipinski definition) is 0. The normalized spacial score (nSPS) is 30.8. The number of ether oxygens (including phenoxy) is 1. The summed E-state index contributed by atoms with van der Waals surface area (Å²) in [5, 5.41) is 15.3. The van der Waals surface area contributed by atoms with E-state index in [2.05, 4.69) is 22.9 Å². The predicted molar refractivity (Wildman–Crippen MR) is 117 cm³/mol. The molecule has 162 valence electrons. The Morgan fingerprint density at radius 2 is 1.68 bits per heavy atom. The largest absolute Gasteiger partial charge is 0.367 e. The quantitative estimate of drug-likeness (QED) is 0.592. The maximum atomic E-state index is 10.2. The molecule has 0 saturated heterocycles. The van der Waals surface area contributed by atoms with E-state index in [1.165, 1.54) is 44.3 Å². The first-order valence-corrected chi connectivity index (χ1v) is 12.3. The van der Waals surface area contributed by atoms with Gasteiger partial charge in [0.1, 0.15) is 11.4 Å². The minimum atomic E-state index is -0.434. The van der Waals surface area contributed by atoms with Crippen molar-refractivity contribution in [3.63, 3.8) is 0 Å². The van der Waals surface area contributed by atoms with Crippen LogP contribution in [0.15, 0.2) is 30.3 Å².